The highest BCUT2D eigenvalue weighted by Gasteiger charge is 2.53. The first-order valence-corrected chi connectivity index (χ1v) is 26.6. The molecule has 3 atom stereocenters. The van der Waals surface area contributed by atoms with Gasteiger partial charge in [-0.05, 0) is 129 Å². The Hall–Kier alpha value is -5.97. The third kappa shape index (κ3) is 8.03. The molecule has 8 heterocycles. The molecule has 0 radical (unpaired) electrons. The van der Waals surface area contributed by atoms with Gasteiger partial charge in [-0.2, -0.15) is 9.97 Å². The third-order valence-electron chi connectivity index (χ3n) is 18.3. The second-order valence-electron chi connectivity index (χ2n) is 23.1. The number of aromatic nitrogens is 3. The number of rotatable bonds is 11. The van der Waals surface area contributed by atoms with Gasteiger partial charge in [0.05, 0.1) is 12.0 Å². The molecule has 3 aromatic carbocycles. The van der Waals surface area contributed by atoms with E-state index in [1.54, 1.807) is 23.2 Å². The first-order valence-electron chi connectivity index (χ1n) is 26.6. The molecule has 2 bridgehead atoms. The Morgan fingerprint density at radius 1 is 0.875 bits per heavy atom. The minimum Gasteiger partial charge on any atom is -0.508 e. The van der Waals surface area contributed by atoms with Gasteiger partial charge in [-0.25, -0.2) is 4.39 Å². The molecule has 2 saturated carbocycles. The number of aromatic hydroxyl groups is 1. The summed E-state index contributed by atoms with van der Waals surface area (Å²) in [5.41, 5.74) is 5.24. The van der Waals surface area contributed by atoms with E-state index in [-0.39, 0.29) is 58.1 Å². The van der Waals surface area contributed by atoms with E-state index in [1.807, 2.05) is 30.3 Å². The van der Waals surface area contributed by atoms with Crippen molar-refractivity contribution in [2.75, 3.05) is 75.3 Å². The number of ether oxygens (including phenoxy) is 1. The number of anilines is 2. The lowest BCUT2D eigenvalue weighted by molar-refractivity contribution is -0.136. The quantitative estimate of drug-likeness (QED) is 0.122. The van der Waals surface area contributed by atoms with Crippen LogP contribution in [-0.4, -0.2) is 142 Å². The van der Waals surface area contributed by atoms with Crippen molar-refractivity contribution in [3.63, 3.8) is 0 Å². The average Bonchev–Trinajstić information content (AvgIpc) is 3.96. The summed E-state index contributed by atoms with van der Waals surface area (Å²) in [6.45, 7) is 14.0. The fourth-order valence-corrected chi connectivity index (χ4v) is 13.9. The fourth-order valence-electron chi connectivity index (χ4n) is 13.9. The van der Waals surface area contributed by atoms with E-state index in [1.165, 1.54) is 25.7 Å². The van der Waals surface area contributed by atoms with Gasteiger partial charge in [-0.15, -0.1) is 0 Å². The van der Waals surface area contributed by atoms with Crippen LogP contribution in [0.3, 0.4) is 0 Å². The van der Waals surface area contributed by atoms with Crippen LogP contribution in [0.15, 0.2) is 54.7 Å². The van der Waals surface area contributed by atoms with Gasteiger partial charge in [-0.1, -0.05) is 25.1 Å². The Bertz CT molecular complexity index is 3020. The number of piperidine rings is 1. The molecule has 6 aliphatic heterocycles. The maximum atomic E-state index is 17.2. The number of carbonyl (C=O) groups excluding carboxylic acids is 3. The highest BCUT2D eigenvalue weighted by Crippen LogP contribution is 2.53. The normalized spacial score (nSPS) is 25.6. The third-order valence-corrected chi connectivity index (χ3v) is 18.3. The molecule has 2 aliphatic carbocycles. The number of halogens is 1. The number of fused-ring (bicyclic) bond motifs is 5. The molecule has 1 spiro atoms. The van der Waals surface area contributed by atoms with Crippen molar-refractivity contribution in [2.24, 2.45) is 10.8 Å². The van der Waals surface area contributed by atoms with E-state index in [0.717, 1.165) is 119 Å². The number of pyridine rings is 1. The van der Waals surface area contributed by atoms with Crippen LogP contribution in [0.1, 0.15) is 99.5 Å². The molecule has 3 unspecified atom stereocenters. The number of amides is 3. The monoisotopic (exact) mass is 977 g/mol. The van der Waals surface area contributed by atoms with Crippen LogP contribution in [0.5, 0.6) is 11.8 Å². The second kappa shape index (κ2) is 17.3. The minimum atomic E-state index is -0.606. The molecular formula is C56H65FN10O5. The number of piperazine rings is 2. The van der Waals surface area contributed by atoms with Crippen molar-refractivity contribution in [3.05, 3.63) is 77.2 Å². The van der Waals surface area contributed by atoms with Gasteiger partial charge in [0.2, 0.25) is 11.8 Å². The van der Waals surface area contributed by atoms with Crippen molar-refractivity contribution in [3.8, 4) is 23.0 Å². The van der Waals surface area contributed by atoms with Crippen molar-refractivity contribution in [1.82, 2.24) is 40.3 Å². The number of hydrogen-bond acceptors (Lipinski definition) is 13. The van der Waals surface area contributed by atoms with Gasteiger partial charge >= 0.3 is 6.01 Å². The highest BCUT2D eigenvalue weighted by atomic mass is 19.1. The van der Waals surface area contributed by atoms with Gasteiger partial charge in [0.1, 0.15) is 28.8 Å². The molecule has 8 aliphatic rings. The Morgan fingerprint density at radius 2 is 1.65 bits per heavy atom. The molecule has 376 valence electrons. The summed E-state index contributed by atoms with van der Waals surface area (Å²) in [6, 6.07) is 15.7. The predicted molar refractivity (Wildman–Crippen MR) is 273 cm³/mol. The number of benzene rings is 3. The zero-order valence-corrected chi connectivity index (χ0v) is 41.5. The Morgan fingerprint density at radius 3 is 2.39 bits per heavy atom. The van der Waals surface area contributed by atoms with Crippen LogP contribution in [0.2, 0.25) is 0 Å². The van der Waals surface area contributed by atoms with E-state index in [9.17, 15) is 19.5 Å². The molecule has 3 amide bonds. The van der Waals surface area contributed by atoms with Gasteiger partial charge < -0.3 is 34.8 Å². The van der Waals surface area contributed by atoms with E-state index >= 15 is 4.39 Å². The number of nitrogens with one attached hydrogen (secondary N) is 2. The first-order chi connectivity index (χ1) is 34.8. The van der Waals surface area contributed by atoms with Crippen molar-refractivity contribution >= 4 is 50.9 Å². The molecule has 13 rings (SSSR count). The van der Waals surface area contributed by atoms with Crippen molar-refractivity contribution in [2.45, 2.75) is 115 Å². The van der Waals surface area contributed by atoms with Crippen molar-refractivity contribution in [1.29, 1.82) is 0 Å². The minimum absolute atomic E-state index is 0.0252. The summed E-state index contributed by atoms with van der Waals surface area (Å²) >= 11 is 0. The molecule has 15 nitrogen and oxygen atoms in total. The number of carbonyl (C=O) groups is 3. The summed E-state index contributed by atoms with van der Waals surface area (Å²) in [5.74, 6) is -0.595. The molecule has 16 heteroatoms. The van der Waals surface area contributed by atoms with Crippen LogP contribution in [0.25, 0.3) is 32.9 Å². The van der Waals surface area contributed by atoms with E-state index in [4.69, 9.17) is 19.7 Å². The fraction of sp³-hybridized carbons (Fsp3) is 0.536. The molecule has 7 fully saturated rings. The molecule has 72 heavy (non-hydrogen) atoms. The second-order valence-corrected chi connectivity index (χ2v) is 23.1. The van der Waals surface area contributed by atoms with Crippen LogP contribution in [0, 0.1) is 16.6 Å². The molecule has 5 saturated heterocycles. The maximum absolute atomic E-state index is 17.2. The zero-order valence-electron chi connectivity index (χ0n) is 41.5. The topological polar surface area (TPSA) is 160 Å². The number of hydrogen-bond donors (Lipinski definition) is 3. The molecule has 3 N–H and O–H groups in total. The highest BCUT2D eigenvalue weighted by molar-refractivity contribution is 6.06. The number of likely N-dealkylation sites (tertiary alicyclic amines) is 1. The summed E-state index contributed by atoms with van der Waals surface area (Å²) < 4.78 is 23.8. The Kier molecular flexibility index (Phi) is 11.0. The van der Waals surface area contributed by atoms with Crippen LogP contribution < -0.4 is 25.2 Å². The lowest BCUT2D eigenvalue weighted by Crippen LogP contribution is -2.63. The number of nitrogens with zero attached hydrogens (tertiary/aromatic N) is 8. The number of phenols is 1. The molecular weight excluding hydrogens is 912 g/mol. The van der Waals surface area contributed by atoms with E-state index in [2.05, 4.69) is 50.1 Å². The summed E-state index contributed by atoms with van der Waals surface area (Å²) in [7, 11) is 0. The number of aryl methyl sites for hydroxylation is 1. The van der Waals surface area contributed by atoms with E-state index in [0.29, 0.717) is 59.4 Å². The maximum Gasteiger partial charge on any atom is 0.319 e. The average molecular weight is 977 g/mol. The smallest absolute Gasteiger partial charge is 0.319 e. The SMILES string of the molecule is CCc1cccc2cc(O)cc(-c3ncc4c(N5CC6CCC(C5)N6)nc(OCC5(CN6CC7(CCC(C)(N8CCN(c9ccc%10c(c9)CN(C9CCC(=O)NC9=O)C%10=O)CC8)CC7)C6)CC5)nc4c3F)c12. The first kappa shape index (κ1) is 45.9. The molecule has 2 aromatic heterocycles. The summed E-state index contributed by atoms with van der Waals surface area (Å²) in [6.07, 6.45) is 12.3. The van der Waals surface area contributed by atoms with Gasteiger partial charge in [0.25, 0.3) is 5.91 Å². The van der Waals surface area contributed by atoms with Gasteiger partial charge in [0, 0.05) is 118 Å². The number of imide groups is 1. The Balaban J connectivity index is 0.646. The van der Waals surface area contributed by atoms with Crippen LogP contribution in [0.4, 0.5) is 15.9 Å². The lowest BCUT2D eigenvalue weighted by Gasteiger charge is -2.58. The van der Waals surface area contributed by atoms with Gasteiger partial charge in [-0.3, -0.25) is 29.6 Å². The largest absolute Gasteiger partial charge is 0.508 e. The number of phenolic OH excluding ortho intramolecular Hbond substituents is 1. The van der Waals surface area contributed by atoms with Crippen LogP contribution >= 0.6 is 0 Å². The standard InChI is InChI=1S/C56H65FN10O5/c1-3-34-5-4-6-35-24-40(68)25-42(46(34)35)48-47(57)49-43(26-58-48)50(65-28-37-7-8-38(29-65)59-37)62-53(61-49)72-33-56(17-18-56)32-63-30-55(31-63)15-13-54(2,14-16-55)66-21-19-64(20-22-66)39-9-10-41-36(23-39)27-67(52(41)71)44-11-12-45(69)60-51(44)70/h4-6,9-10,23-26,37-38,44,59,68H,3,7-8,11-22,27-33H2,1-2H3,(H,60,69,70). The lowest BCUT2D eigenvalue weighted by atomic mass is 9.63. The van der Waals surface area contributed by atoms with Crippen LogP contribution in [-0.2, 0) is 22.6 Å². The van der Waals surface area contributed by atoms with E-state index < -0.39 is 11.9 Å². The summed E-state index contributed by atoms with van der Waals surface area (Å²) in [5, 5.41) is 19.2. The van der Waals surface area contributed by atoms with Gasteiger partial charge in [0.15, 0.2) is 5.82 Å². The summed E-state index contributed by atoms with van der Waals surface area (Å²) in [4.78, 5) is 63.9. The molecule has 5 aromatic rings. The predicted octanol–water partition coefficient (Wildman–Crippen LogP) is 6.57. The zero-order chi connectivity index (χ0) is 49.1. The Labute approximate surface area is 419 Å². The van der Waals surface area contributed by atoms with Crippen molar-refractivity contribution < 1.29 is 28.6 Å².